The fourth-order valence-electron chi connectivity index (χ4n) is 2.32. The van der Waals surface area contributed by atoms with E-state index in [1.54, 1.807) is 0 Å². The molecule has 0 bridgehead atoms. The predicted molar refractivity (Wildman–Crippen MR) is 69.9 cm³/mol. The van der Waals surface area contributed by atoms with Gasteiger partial charge in [0.1, 0.15) is 0 Å². The van der Waals surface area contributed by atoms with E-state index in [-0.39, 0.29) is 0 Å². The first kappa shape index (κ1) is 14.0. The maximum absolute atomic E-state index is 5.47. The Balaban J connectivity index is 1.77. The van der Waals surface area contributed by atoms with Gasteiger partial charge in [0, 0.05) is 13.2 Å². The molecule has 0 radical (unpaired) electrons. The first-order chi connectivity index (χ1) is 7.93. The van der Waals surface area contributed by atoms with E-state index in [0.717, 1.165) is 19.6 Å². The zero-order valence-corrected chi connectivity index (χ0v) is 11.0. The molecule has 0 atom stereocenters. The fourth-order valence-corrected chi connectivity index (χ4v) is 2.32. The van der Waals surface area contributed by atoms with Crippen LogP contribution < -0.4 is 0 Å². The molecule has 2 nitrogen and oxygen atoms in total. The number of likely N-dealkylation sites (tertiary alicyclic amines) is 1. The van der Waals surface area contributed by atoms with Gasteiger partial charge in [-0.25, -0.2) is 0 Å². The highest BCUT2D eigenvalue weighted by atomic mass is 16.5. The lowest BCUT2D eigenvalue weighted by molar-refractivity contribution is 0.130. The molecule has 16 heavy (non-hydrogen) atoms. The van der Waals surface area contributed by atoms with Crippen molar-refractivity contribution >= 4 is 0 Å². The van der Waals surface area contributed by atoms with Crippen molar-refractivity contribution in [2.45, 2.75) is 58.3 Å². The zero-order valence-electron chi connectivity index (χ0n) is 11.0. The van der Waals surface area contributed by atoms with Gasteiger partial charge in [-0.2, -0.15) is 0 Å². The molecule has 0 spiro atoms. The summed E-state index contributed by atoms with van der Waals surface area (Å²) in [5.41, 5.74) is 0. The zero-order chi connectivity index (χ0) is 11.5. The number of hydrogen-bond acceptors (Lipinski definition) is 2. The molecular weight excluding hydrogens is 198 g/mol. The van der Waals surface area contributed by atoms with Crippen molar-refractivity contribution in [2.75, 3.05) is 32.8 Å². The topological polar surface area (TPSA) is 12.5 Å². The predicted octanol–water partition coefficient (Wildman–Crippen LogP) is 3.46. The van der Waals surface area contributed by atoms with Crippen LogP contribution in [0.15, 0.2) is 0 Å². The average molecular weight is 227 g/mol. The summed E-state index contributed by atoms with van der Waals surface area (Å²) in [7, 11) is 0. The van der Waals surface area contributed by atoms with Gasteiger partial charge in [0.05, 0.1) is 0 Å². The Bertz CT molecular complexity index is 144. The Morgan fingerprint density at radius 1 is 0.875 bits per heavy atom. The van der Waals surface area contributed by atoms with Crippen molar-refractivity contribution in [1.82, 2.24) is 4.90 Å². The third-order valence-corrected chi connectivity index (χ3v) is 3.31. The van der Waals surface area contributed by atoms with Crippen LogP contribution in [-0.4, -0.2) is 37.7 Å². The summed E-state index contributed by atoms with van der Waals surface area (Å²) in [6.45, 7) is 8.10. The average Bonchev–Trinajstić information content (AvgIpc) is 2.34. The van der Waals surface area contributed by atoms with E-state index >= 15 is 0 Å². The van der Waals surface area contributed by atoms with Gasteiger partial charge < -0.3 is 9.64 Å². The number of piperidine rings is 1. The molecule has 0 saturated carbocycles. The number of hydrogen-bond donors (Lipinski definition) is 0. The van der Waals surface area contributed by atoms with Crippen molar-refractivity contribution in [3.63, 3.8) is 0 Å². The van der Waals surface area contributed by atoms with E-state index in [1.807, 2.05) is 0 Å². The van der Waals surface area contributed by atoms with E-state index in [9.17, 15) is 0 Å². The van der Waals surface area contributed by atoms with E-state index in [2.05, 4.69) is 11.8 Å². The molecule has 1 rings (SSSR count). The van der Waals surface area contributed by atoms with Crippen LogP contribution in [0.1, 0.15) is 58.3 Å². The van der Waals surface area contributed by atoms with Crippen LogP contribution in [0, 0.1) is 0 Å². The maximum atomic E-state index is 5.47. The second-order valence-corrected chi connectivity index (χ2v) is 4.93. The molecule has 1 fully saturated rings. The van der Waals surface area contributed by atoms with Crippen molar-refractivity contribution in [3.8, 4) is 0 Å². The minimum atomic E-state index is 0.938. The smallest absolute Gasteiger partial charge is 0.0466 e. The van der Waals surface area contributed by atoms with Crippen LogP contribution in [0.2, 0.25) is 0 Å². The minimum absolute atomic E-state index is 0.938. The summed E-state index contributed by atoms with van der Waals surface area (Å²) in [4.78, 5) is 2.64. The molecule has 1 saturated heterocycles. The van der Waals surface area contributed by atoms with E-state index in [4.69, 9.17) is 4.74 Å². The maximum Gasteiger partial charge on any atom is 0.0466 e. The number of rotatable bonds is 9. The molecule has 96 valence electrons. The lowest BCUT2D eigenvalue weighted by Crippen LogP contribution is -2.30. The summed E-state index contributed by atoms with van der Waals surface area (Å²) in [5, 5.41) is 0. The summed E-state index contributed by atoms with van der Waals surface area (Å²) in [6, 6.07) is 0. The van der Waals surface area contributed by atoms with E-state index in [0.29, 0.717) is 0 Å². The van der Waals surface area contributed by atoms with Gasteiger partial charge in [-0.3, -0.25) is 0 Å². The summed E-state index contributed by atoms with van der Waals surface area (Å²) in [5.74, 6) is 0. The van der Waals surface area contributed by atoms with Gasteiger partial charge in [0.15, 0.2) is 0 Å². The van der Waals surface area contributed by atoms with E-state index in [1.165, 1.54) is 64.6 Å². The molecular formula is C14H29NO. The molecule has 0 N–H and O–H groups in total. The van der Waals surface area contributed by atoms with Crippen molar-refractivity contribution in [1.29, 1.82) is 0 Å². The second kappa shape index (κ2) is 10.1. The Hall–Kier alpha value is -0.0800. The highest BCUT2D eigenvalue weighted by molar-refractivity contribution is 4.64. The van der Waals surface area contributed by atoms with Crippen LogP contribution in [0.3, 0.4) is 0 Å². The summed E-state index contributed by atoms with van der Waals surface area (Å²) in [6.07, 6.45) is 10.8. The van der Waals surface area contributed by atoms with Crippen LogP contribution in [0.4, 0.5) is 0 Å². The van der Waals surface area contributed by atoms with Gasteiger partial charge in [-0.05, 0) is 51.7 Å². The highest BCUT2D eigenvalue weighted by Crippen LogP contribution is 2.10. The van der Waals surface area contributed by atoms with E-state index < -0.39 is 0 Å². The molecule has 0 unspecified atom stereocenters. The number of ether oxygens (including phenoxy) is 1. The molecule has 1 aliphatic rings. The summed E-state index contributed by atoms with van der Waals surface area (Å²) >= 11 is 0. The number of nitrogens with zero attached hydrogens (tertiary/aromatic N) is 1. The van der Waals surface area contributed by atoms with Crippen molar-refractivity contribution in [2.24, 2.45) is 0 Å². The Labute approximate surface area is 101 Å². The van der Waals surface area contributed by atoms with Crippen molar-refractivity contribution in [3.05, 3.63) is 0 Å². The second-order valence-electron chi connectivity index (χ2n) is 4.93. The van der Waals surface area contributed by atoms with Crippen LogP contribution in [-0.2, 0) is 4.74 Å². The van der Waals surface area contributed by atoms with Crippen LogP contribution >= 0.6 is 0 Å². The Kier molecular flexibility index (Phi) is 8.83. The lowest BCUT2D eigenvalue weighted by atomic mass is 10.1. The largest absolute Gasteiger partial charge is 0.381 e. The Morgan fingerprint density at radius 3 is 2.38 bits per heavy atom. The standard InChI is InChI=1S/C14H29NO/c1-2-13-16-14-9-4-3-6-10-15-11-7-5-8-12-15/h2-14H2,1H3. The molecule has 0 aliphatic carbocycles. The quantitative estimate of drug-likeness (QED) is 0.559. The monoisotopic (exact) mass is 227 g/mol. The van der Waals surface area contributed by atoms with Gasteiger partial charge >= 0.3 is 0 Å². The van der Waals surface area contributed by atoms with Gasteiger partial charge in [0.25, 0.3) is 0 Å². The molecule has 1 heterocycles. The Morgan fingerprint density at radius 2 is 1.62 bits per heavy atom. The van der Waals surface area contributed by atoms with Gasteiger partial charge in [0.2, 0.25) is 0 Å². The first-order valence-electron chi connectivity index (χ1n) is 7.23. The third-order valence-electron chi connectivity index (χ3n) is 3.31. The third kappa shape index (κ3) is 7.24. The van der Waals surface area contributed by atoms with Gasteiger partial charge in [-0.15, -0.1) is 0 Å². The number of unbranched alkanes of at least 4 members (excludes halogenated alkanes) is 3. The van der Waals surface area contributed by atoms with Crippen LogP contribution in [0.25, 0.3) is 0 Å². The first-order valence-corrected chi connectivity index (χ1v) is 7.23. The van der Waals surface area contributed by atoms with Crippen LogP contribution in [0.5, 0.6) is 0 Å². The molecule has 0 aromatic heterocycles. The summed E-state index contributed by atoms with van der Waals surface area (Å²) < 4.78 is 5.47. The lowest BCUT2D eigenvalue weighted by Gasteiger charge is -2.26. The minimum Gasteiger partial charge on any atom is -0.381 e. The highest BCUT2D eigenvalue weighted by Gasteiger charge is 2.08. The molecule has 0 aromatic carbocycles. The molecule has 0 aromatic rings. The SMILES string of the molecule is CCCOCCCCCCN1CCCCC1. The van der Waals surface area contributed by atoms with Crippen molar-refractivity contribution < 1.29 is 4.74 Å². The fraction of sp³-hybridized carbons (Fsp3) is 1.00. The molecule has 1 aliphatic heterocycles. The normalized spacial score (nSPS) is 17.8. The molecule has 2 heteroatoms. The molecule has 0 amide bonds. The van der Waals surface area contributed by atoms with Gasteiger partial charge in [-0.1, -0.05) is 26.2 Å².